The Morgan fingerprint density at radius 2 is 1.53 bits per heavy atom. The molecule has 2 saturated carbocycles. The van der Waals surface area contributed by atoms with Crippen LogP contribution in [0.15, 0.2) is 48.8 Å². The summed E-state index contributed by atoms with van der Waals surface area (Å²) in [7, 11) is 0. The Labute approximate surface area is 214 Å². The Balaban J connectivity index is 1.32. The van der Waals surface area contributed by atoms with E-state index in [2.05, 4.69) is 15.3 Å². The number of benzene rings is 3. The summed E-state index contributed by atoms with van der Waals surface area (Å²) in [5.41, 5.74) is 1.69. The van der Waals surface area contributed by atoms with Gasteiger partial charge in [0.1, 0.15) is 17.7 Å². The van der Waals surface area contributed by atoms with Gasteiger partial charge in [0.15, 0.2) is 23.3 Å². The number of carbonyl (C=O) groups is 1. The lowest BCUT2D eigenvalue weighted by molar-refractivity contribution is 0.0716. The molecule has 0 saturated heterocycles. The molecule has 5 nitrogen and oxygen atoms in total. The van der Waals surface area contributed by atoms with Crippen LogP contribution in [0, 0.1) is 29.1 Å². The van der Waals surface area contributed by atoms with Crippen molar-refractivity contribution in [3.05, 3.63) is 89.0 Å². The van der Waals surface area contributed by atoms with Gasteiger partial charge in [0, 0.05) is 24.0 Å². The van der Waals surface area contributed by atoms with E-state index < -0.39 is 40.6 Å². The van der Waals surface area contributed by atoms with Crippen molar-refractivity contribution in [1.29, 1.82) is 0 Å². The number of anilines is 1. The second-order valence-corrected chi connectivity index (χ2v) is 9.68. The minimum Gasteiger partial charge on any atom is -0.367 e. The lowest BCUT2D eigenvalue weighted by Gasteiger charge is -2.24. The largest absolute Gasteiger partial charge is 0.367 e. The van der Waals surface area contributed by atoms with E-state index in [1.54, 1.807) is 12.1 Å². The normalized spacial score (nSPS) is 15.1. The summed E-state index contributed by atoms with van der Waals surface area (Å²) in [6.07, 6.45) is 4.84. The van der Waals surface area contributed by atoms with Crippen molar-refractivity contribution in [3.8, 4) is 11.1 Å². The van der Waals surface area contributed by atoms with Crippen LogP contribution in [0.1, 0.15) is 41.6 Å². The number of hydrogen-bond donors (Lipinski definition) is 1. The van der Waals surface area contributed by atoms with Crippen LogP contribution in [-0.2, 0) is 6.54 Å². The van der Waals surface area contributed by atoms with Gasteiger partial charge in [0.25, 0.3) is 5.91 Å². The summed E-state index contributed by atoms with van der Waals surface area (Å²) in [6.45, 7) is -0.0536. The predicted octanol–water partition coefficient (Wildman–Crippen LogP) is 6.37. The first kappa shape index (κ1) is 24.3. The highest BCUT2D eigenvalue weighted by Crippen LogP contribution is 2.34. The molecule has 0 bridgehead atoms. The first-order valence-corrected chi connectivity index (χ1v) is 12.2. The molecule has 0 spiro atoms. The SMILES string of the molecule is O=C(c1c(F)c(F)c(F)c(F)c1F)N(Cc1cccc(-c2ccc3ncnc(NC4CC4)c3c2)c1)C1CC1. The third-order valence-electron chi connectivity index (χ3n) is 6.84. The molecule has 4 aromatic rings. The number of carbonyl (C=O) groups excluding carboxylic acids is 1. The van der Waals surface area contributed by atoms with Crippen LogP contribution in [0.4, 0.5) is 27.8 Å². The fourth-order valence-electron chi connectivity index (χ4n) is 4.51. The maximum Gasteiger partial charge on any atom is 0.260 e. The number of aromatic nitrogens is 2. The Morgan fingerprint density at radius 3 is 2.21 bits per heavy atom. The van der Waals surface area contributed by atoms with E-state index >= 15 is 0 Å². The Morgan fingerprint density at radius 1 is 0.842 bits per heavy atom. The summed E-state index contributed by atoms with van der Waals surface area (Å²) in [4.78, 5) is 23.0. The van der Waals surface area contributed by atoms with Crippen LogP contribution < -0.4 is 5.32 Å². The lowest BCUT2D eigenvalue weighted by Crippen LogP contribution is -2.34. The van der Waals surface area contributed by atoms with Crippen molar-refractivity contribution in [1.82, 2.24) is 14.9 Å². The first-order valence-electron chi connectivity index (χ1n) is 12.2. The summed E-state index contributed by atoms with van der Waals surface area (Å²) < 4.78 is 69.8. The average molecular weight is 524 g/mol. The first-order chi connectivity index (χ1) is 18.3. The molecule has 2 fully saturated rings. The highest BCUT2D eigenvalue weighted by atomic mass is 19.2. The lowest BCUT2D eigenvalue weighted by atomic mass is 10.0. The molecule has 194 valence electrons. The molecular formula is C28H21F5N4O. The van der Waals surface area contributed by atoms with Crippen molar-refractivity contribution in [2.45, 2.75) is 44.3 Å². The molecule has 3 aromatic carbocycles. The van der Waals surface area contributed by atoms with Gasteiger partial charge in [0.2, 0.25) is 5.82 Å². The molecular weight excluding hydrogens is 503 g/mol. The zero-order chi connectivity index (χ0) is 26.6. The Hall–Kier alpha value is -4.08. The summed E-state index contributed by atoms with van der Waals surface area (Å²) in [5, 5.41) is 4.27. The van der Waals surface area contributed by atoms with E-state index in [1.807, 2.05) is 30.3 Å². The number of nitrogens with one attached hydrogen (secondary N) is 1. The molecule has 1 amide bonds. The molecule has 0 radical (unpaired) electrons. The topological polar surface area (TPSA) is 58.1 Å². The van der Waals surface area contributed by atoms with Crippen LogP contribution in [0.3, 0.4) is 0 Å². The van der Waals surface area contributed by atoms with Crippen LogP contribution in [0.5, 0.6) is 0 Å². The van der Waals surface area contributed by atoms with Gasteiger partial charge in [-0.2, -0.15) is 0 Å². The summed E-state index contributed by atoms with van der Waals surface area (Å²) in [6, 6.07) is 13.1. The fourth-order valence-corrected chi connectivity index (χ4v) is 4.51. The van der Waals surface area contributed by atoms with Crippen LogP contribution in [0.25, 0.3) is 22.0 Å². The maximum absolute atomic E-state index is 14.4. The summed E-state index contributed by atoms with van der Waals surface area (Å²) in [5.74, 6) is -11.3. The number of rotatable bonds is 7. The second kappa shape index (κ2) is 9.34. The molecule has 0 aliphatic heterocycles. The van der Waals surface area contributed by atoms with E-state index in [9.17, 15) is 26.7 Å². The third kappa shape index (κ3) is 4.44. The van der Waals surface area contributed by atoms with E-state index in [0.717, 1.165) is 40.7 Å². The van der Waals surface area contributed by atoms with Crippen LogP contribution in [0.2, 0.25) is 0 Å². The molecule has 1 N–H and O–H groups in total. The third-order valence-corrected chi connectivity index (χ3v) is 6.84. The van der Waals surface area contributed by atoms with Crippen LogP contribution >= 0.6 is 0 Å². The van der Waals surface area contributed by atoms with E-state index in [1.165, 1.54) is 11.2 Å². The number of hydrogen-bond acceptors (Lipinski definition) is 4. The van der Waals surface area contributed by atoms with Gasteiger partial charge in [-0.05, 0) is 60.6 Å². The van der Waals surface area contributed by atoms with Gasteiger partial charge in [-0.15, -0.1) is 0 Å². The van der Waals surface area contributed by atoms with Crippen molar-refractivity contribution in [3.63, 3.8) is 0 Å². The van der Waals surface area contributed by atoms with Crippen LogP contribution in [-0.4, -0.2) is 32.9 Å². The van der Waals surface area contributed by atoms with Gasteiger partial charge in [-0.1, -0.05) is 24.3 Å². The Bertz CT molecular complexity index is 1560. The highest BCUT2D eigenvalue weighted by molar-refractivity contribution is 5.95. The smallest absolute Gasteiger partial charge is 0.260 e. The molecule has 6 rings (SSSR count). The van der Waals surface area contributed by atoms with E-state index in [4.69, 9.17) is 0 Å². The van der Waals surface area contributed by atoms with Crippen molar-refractivity contribution in [2.24, 2.45) is 0 Å². The van der Waals surface area contributed by atoms with Gasteiger partial charge in [-0.3, -0.25) is 4.79 Å². The molecule has 1 heterocycles. The number of amides is 1. The average Bonchev–Trinajstić information content (AvgIpc) is 3.85. The number of nitrogens with zero attached hydrogens (tertiary/aromatic N) is 3. The van der Waals surface area contributed by atoms with Gasteiger partial charge in [-0.25, -0.2) is 31.9 Å². The fraction of sp³-hybridized carbons (Fsp3) is 0.250. The van der Waals surface area contributed by atoms with Crippen molar-refractivity contribution < 1.29 is 26.7 Å². The zero-order valence-electron chi connectivity index (χ0n) is 19.9. The van der Waals surface area contributed by atoms with Gasteiger partial charge < -0.3 is 10.2 Å². The number of fused-ring (bicyclic) bond motifs is 1. The molecule has 1 aromatic heterocycles. The monoisotopic (exact) mass is 524 g/mol. The second-order valence-electron chi connectivity index (χ2n) is 9.68. The minimum atomic E-state index is -2.29. The molecule has 0 atom stereocenters. The maximum atomic E-state index is 14.4. The molecule has 2 aliphatic carbocycles. The predicted molar refractivity (Wildman–Crippen MR) is 131 cm³/mol. The van der Waals surface area contributed by atoms with Gasteiger partial charge >= 0.3 is 0 Å². The van der Waals surface area contributed by atoms with Crippen molar-refractivity contribution >= 4 is 22.6 Å². The molecule has 0 unspecified atom stereocenters. The number of halogens is 5. The molecule has 38 heavy (non-hydrogen) atoms. The van der Waals surface area contributed by atoms with E-state index in [0.29, 0.717) is 24.4 Å². The minimum absolute atomic E-state index is 0.0536. The quantitative estimate of drug-likeness (QED) is 0.173. The highest BCUT2D eigenvalue weighted by Gasteiger charge is 2.38. The Kier molecular flexibility index (Phi) is 5.97. The standard InChI is InChI=1S/C28H21F5N4O/c29-22-21(23(30)25(32)26(33)24(22)31)28(38)37(18-7-8-18)12-14-2-1-3-15(10-14)16-4-9-20-19(11-16)27(35-13-34-20)36-17-5-6-17/h1-4,9-11,13,17-18H,5-8,12H2,(H,34,35,36). The molecule has 10 heteroatoms. The summed E-state index contributed by atoms with van der Waals surface area (Å²) >= 11 is 0. The van der Waals surface area contributed by atoms with Gasteiger partial charge in [0.05, 0.1) is 5.52 Å². The van der Waals surface area contributed by atoms with E-state index in [-0.39, 0.29) is 12.6 Å². The van der Waals surface area contributed by atoms with Crippen molar-refractivity contribution in [2.75, 3.05) is 5.32 Å². The molecule has 2 aliphatic rings. The zero-order valence-corrected chi connectivity index (χ0v) is 19.9.